The van der Waals surface area contributed by atoms with Crippen LogP contribution in [0.25, 0.3) is 0 Å². The van der Waals surface area contributed by atoms with E-state index in [4.69, 9.17) is 0 Å². The van der Waals surface area contributed by atoms with E-state index in [9.17, 15) is 13.6 Å². The molecule has 1 aromatic carbocycles. The van der Waals surface area contributed by atoms with Crippen LogP contribution in [0.4, 0.5) is 0 Å². The van der Waals surface area contributed by atoms with Crippen molar-refractivity contribution in [3.8, 4) is 0 Å². The molecule has 0 aliphatic rings. The Balaban J connectivity index is 2.38. The van der Waals surface area contributed by atoms with Crippen LogP contribution in [0.2, 0.25) is 0 Å². The van der Waals surface area contributed by atoms with Gasteiger partial charge in [0.15, 0.2) is 0 Å². The molecule has 4 nitrogen and oxygen atoms in total. The molecule has 0 bridgehead atoms. The Bertz CT molecular complexity index is 650. The fraction of sp³-hybridized carbons (Fsp3) is 0.231. The van der Waals surface area contributed by atoms with E-state index < -0.39 is 16.1 Å². The van der Waals surface area contributed by atoms with Crippen LogP contribution in [0.15, 0.2) is 46.7 Å². The Morgan fingerprint density at radius 3 is 2.47 bits per heavy atom. The van der Waals surface area contributed by atoms with E-state index in [0.717, 1.165) is 4.88 Å². The predicted octanol–water partition coefficient (Wildman–Crippen LogP) is 3.20. The topological polar surface area (TPSA) is 57.6 Å². The van der Waals surface area contributed by atoms with Gasteiger partial charge in [-0.1, -0.05) is 28.7 Å². The van der Waals surface area contributed by atoms with Crippen molar-refractivity contribution in [2.24, 2.45) is 0 Å². The average Bonchev–Trinajstić information content (AvgIpc) is 2.91. The zero-order valence-corrected chi connectivity index (χ0v) is 12.3. The number of aryl methyl sites for hydroxylation is 1. The number of rotatable bonds is 4. The van der Waals surface area contributed by atoms with Gasteiger partial charge in [-0.05, 0) is 36.9 Å². The van der Waals surface area contributed by atoms with Gasteiger partial charge in [-0.2, -0.15) is 0 Å². The molecular weight excluding hydrogens is 282 g/mol. The minimum absolute atomic E-state index is 0.126. The van der Waals surface area contributed by atoms with Crippen molar-refractivity contribution in [2.75, 3.05) is 0 Å². The first-order valence-electron chi connectivity index (χ1n) is 5.77. The molecule has 1 aromatic heterocycles. The molecule has 0 amide bonds. The Morgan fingerprint density at radius 2 is 1.89 bits per heavy atom. The molecule has 1 N–H and O–H groups in total. The summed E-state index contributed by atoms with van der Waals surface area (Å²) in [5.74, 6) is 0. The monoisotopic (exact) mass is 297 g/mol. The molecule has 0 radical (unpaired) electrons. The standard InChI is InChI=1S/C13H15NO3S2/c1-10-6-3-4-8-13(10)19(16,17)14(15)11(2)12-7-5-9-18-12/h3-9,11,15H,1-2H3. The molecule has 0 saturated heterocycles. The summed E-state index contributed by atoms with van der Waals surface area (Å²) in [6.45, 7) is 3.36. The molecule has 0 spiro atoms. The molecule has 0 fully saturated rings. The van der Waals surface area contributed by atoms with Crippen molar-refractivity contribution in [2.45, 2.75) is 24.8 Å². The maximum absolute atomic E-state index is 12.4. The van der Waals surface area contributed by atoms with Gasteiger partial charge in [-0.25, -0.2) is 8.42 Å². The zero-order valence-electron chi connectivity index (χ0n) is 10.6. The second kappa shape index (κ2) is 5.42. The lowest BCUT2D eigenvalue weighted by molar-refractivity contribution is -0.0300. The van der Waals surface area contributed by atoms with Crippen LogP contribution in [-0.2, 0) is 10.0 Å². The molecule has 0 saturated carbocycles. The molecule has 19 heavy (non-hydrogen) atoms. The summed E-state index contributed by atoms with van der Waals surface area (Å²) >= 11 is 1.41. The lowest BCUT2D eigenvalue weighted by Crippen LogP contribution is -2.30. The smallest absolute Gasteiger partial charge is 0.265 e. The van der Waals surface area contributed by atoms with Crippen molar-refractivity contribution in [1.82, 2.24) is 4.47 Å². The van der Waals surface area contributed by atoms with Crippen LogP contribution in [-0.4, -0.2) is 18.1 Å². The van der Waals surface area contributed by atoms with E-state index >= 15 is 0 Å². The molecule has 1 atom stereocenters. The van der Waals surface area contributed by atoms with E-state index in [2.05, 4.69) is 0 Å². The van der Waals surface area contributed by atoms with Gasteiger partial charge < -0.3 is 0 Å². The molecular formula is C13H15NO3S2. The van der Waals surface area contributed by atoms with Crippen LogP contribution in [0, 0.1) is 6.92 Å². The van der Waals surface area contributed by atoms with Gasteiger partial charge in [-0.3, -0.25) is 5.21 Å². The summed E-state index contributed by atoms with van der Waals surface area (Å²) in [6.07, 6.45) is 0. The number of hydrogen-bond acceptors (Lipinski definition) is 4. The summed E-state index contributed by atoms with van der Waals surface area (Å²) in [4.78, 5) is 0.917. The fourth-order valence-corrected chi connectivity index (χ4v) is 4.08. The number of thiophene rings is 1. The summed E-state index contributed by atoms with van der Waals surface area (Å²) in [5.41, 5.74) is 0.611. The van der Waals surface area contributed by atoms with Crippen molar-refractivity contribution < 1.29 is 13.6 Å². The van der Waals surface area contributed by atoms with Crippen molar-refractivity contribution in [3.05, 3.63) is 52.2 Å². The highest BCUT2D eigenvalue weighted by molar-refractivity contribution is 7.89. The average molecular weight is 297 g/mol. The summed E-state index contributed by atoms with van der Waals surface area (Å²) in [7, 11) is -3.90. The second-order valence-electron chi connectivity index (χ2n) is 4.23. The lowest BCUT2D eigenvalue weighted by atomic mass is 10.2. The SMILES string of the molecule is Cc1ccccc1S(=O)(=O)N(O)C(C)c1cccs1. The number of sulfonamides is 1. The van der Waals surface area contributed by atoms with E-state index in [1.807, 2.05) is 11.4 Å². The van der Waals surface area contributed by atoms with Gasteiger partial charge in [0.2, 0.25) is 0 Å². The third-order valence-corrected chi connectivity index (χ3v) is 5.77. The molecule has 2 aromatic rings. The molecule has 2 rings (SSSR count). The maximum Gasteiger partial charge on any atom is 0.265 e. The largest absolute Gasteiger partial charge is 0.299 e. The van der Waals surface area contributed by atoms with Crippen molar-refractivity contribution in [1.29, 1.82) is 0 Å². The quantitative estimate of drug-likeness (QED) is 0.882. The minimum atomic E-state index is -3.90. The second-order valence-corrected chi connectivity index (χ2v) is 6.98. The zero-order chi connectivity index (χ0) is 14.0. The highest BCUT2D eigenvalue weighted by Crippen LogP contribution is 2.29. The van der Waals surface area contributed by atoms with Gasteiger partial charge in [-0.15, -0.1) is 11.3 Å². The van der Waals surface area contributed by atoms with Crippen molar-refractivity contribution in [3.63, 3.8) is 0 Å². The number of benzene rings is 1. The van der Waals surface area contributed by atoms with Gasteiger partial charge in [0.05, 0.1) is 10.9 Å². The molecule has 1 heterocycles. The Hall–Kier alpha value is -1.21. The molecule has 1 unspecified atom stereocenters. The lowest BCUT2D eigenvalue weighted by Gasteiger charge is -2.22. The Kier molecular flexibility index (Phi) is 4.05. The van der Waals surface area contributed by atoms with Crippen LogP contribution in [0.1, 0.15) is 23.4 Å². The number of hydrogen-bond donors (Lipinski definition) is 1. The van der Waals surface area contributed by atoms with Crippen molar-refractivity contribution >= 4 is 21.4 Å². The first-order valence-corrected chi connectivity index (χ1v) is 8.09. The van der Waals surface area contributed by atoms with Crippen LogP contribution in [0.5, 0.6) is 0 Å². The molecule has 0 aliphatic carbocycles. The summed E-state index contributed by atoms with van der Waals surface area (Å²) in [6, 6.07) is 9.62. The van der Waals surface area contributed by atoms with Gasteiger partial charge in [0.25, 0.3) is 10.0 Å². The third-order valence-electron chi connectivity index (χ3n) is 2.90. The van der Waals surface area contributed by atoms with Gasteiger partial charge in [0.1, 0.15) is 0 Å². The molecule has 102 valence electrons. The third kappa shape index (κ3) is 2.71. The van der Waals surface area contributed by atoms with Gasteiger partial charge >= 0.3 is 0 Å². The summed E-state index contributed by atoms with van der Waals surface area (Å²) in [5, 5.41) is 11.9. The predicted molar refractivity (Wildman–Crippen MR) is 74.7 cm³/mol. The molecule has 6 heteroatoms. The van der Waals surface area contributed by atoms with Gasteiger partial charge in [0, 0.05) is 4.88 Å². The Morgan fingerprint density at radius 1 is 1.21 bits per heavy atom. The minimum Gasteiger partial charge on any atom is -0.299 e. The van der Waals surface area contributed by atoms with Crippen LogP contribution >= 0.6 is 11.3 Å². The van der Waals surface area contributed by atoms with E-state index in [1.54, 1.807) is 38.1 Å². The Labute approximate surface area is 116 Å². The normalized spacial score (nSPS) is 13.7. The fourth-order valence-electron chi connectivity index (χ4n) is 1.79. The summed E-state index contributed by atoms with van der Waals surface area (Å²) < 4.78 is 25.2. The maximum atomic E-state index is 12.4. The van der Waals surface area contributed by atoms with Crippen LogP contribution < -0.4 is 0 Å². The molecule has 0 aliphatic heterocycles. The van der Waals surface area contributed by atoms with E-state index in [0.29, 0.717) is 10.0 Å². The first-order chi connectivity index (χ1) is 8.94. The highest BCUT2D eigenvalue weighted by Gasteiger charge is 2.30. The van der Waals surface area contributed by atoms with Crippen LogP contribution in [0.3, 0.4) is 0 Å². The van der Waals surface area contributed by atoms with E-state index in [-0.39, 0.29) is 4.90 Å². The van der Waals surface area contributed by atoms with E-state index in [1.165, 1.54) is 17.4 Å². The first kappa shape index (κ1) is 14.2. The number of nitrogens with zero attached hydrogens (tertiary/aromatic N) is 1. The highest BCUT2D eigenvalue weighted by atomic mass is 32.2. The number of hydroxylamine groups is 1.